The molecule has 0 aliphatic carbocycles. The smallest absolute Gasteiger partial charge is 0.161 e. The van der Waals surface area contributed by atoms with Crippen LogP contribution in [0.3, 0.4) is 0 Å². The van der Waals surface area contributed by atoms with Crippen molar-refractivity contribution in [2.24, 2.45) is 0 Å². The van der Waals surface area contributed by atoms with E-state index in [4.69, 9.17) is 18.9 Å². The molecule has 0 saturated carbocycles. The van der Waals surface area contributed by atoms with Gasteiger partial charge < -0.3 is 18.9 Å². The van der Waals surface area contributed by atoms with Gasteiger partial charge in [-0.05, 0) is 90.0 Å². The predicted molar refractivity (Wildman–Crippen MR) is 144 cm³/mol. The topological polar surface area (TPSA) is 54.0 Å². The number of fused-ring (bicyclic) bond motifs is 1. The highest BCUT2D eigenvalue weighted by atomic mass is 19.1. The zero-order valence-corrected chi connectivity index (χ0v) is 21.7. The van der Waals surface area contributed by atoms with Crippen molar-refractivity contribution in [1.29, 1.82) is 0 Å². The van der Waals surface area contributed by atoms with Crippen molar-refractivity contribution < 1.29 is 28.1 Å². The second-order valence-electron chi connectivity index (χ2n) is 9.38. The van der Waals surface area contributed by atoms with Gasteiger partial charge in [0.2, 0.25) is 0 Å². The molecule has 0 aromatic heterocycles. The summed E-state index contributed by atoms with van der Waals surface area (Å²) >= 11 is 0. The fourth-order valence-electron chi connectivity index (χ4n) is 4.54. The highest BCUT2D eigenvalue weighted by Crippen LogP contribution is 2.36. The van der Waals surface area contributed by atoms with Gasteiger partial charge in [-0.3, -0.25) is 4.79 Å². The predicted octanol–water partition coefficient (Wildman–Crippen LogP) is 7.16. The van der Waals surface area contributed by atoms with Crippen LogP contribution in [0.1, 0.15) is 38.2 Å². The molecule has 0 bridgehead atoms. The molecule has 0 saturated heterocycles. The maximum absolute atomic E-state index is 13.6. The Bertz CT molecular complexity index is 1490. The van der Waals surface area contributed by atoms with E-state index in [2.05, 4.69) is 13.0 Å². The Kier molecular flexibility index (Phi) is 7.31. The average Bonchev–Trinajstić information content (AvgIpc) is 2.93. The van der Waals surface area contributed by atoms with Crippen molar-refractivity contribution in [1.82, 2.24) is 0 Å². The van der Waals surface area contributed by atoms with Gasteiger partial charge >= 0.3 is 0 Å². The molecule has 38 heavy (non-hydrogen) atoms. The summed E-state index contributed by atoms with van der Waals surface area (Å²) in [5, 5.41) is 0. The molecule has 5 rings (SSSR count). The van der Waals surface area contributed by atoms with Crippen LogP contribution in [0.2, 0.25) is 0 Å². The van der Waals surface area contributed by atoms with Crippen LogP contribution in [0.25, 0.3) is 11.1 Å². The first-order valence-electron chi connectivity index (χ1n) is 12.5. The summed E-state index contributed by atoms with van der Waals surface area (Å²) in [5.74, 6) is 2.30. The second-order valence-corrected chi connectivity index (χ2v) is 9.38. The van der Waals surface area contributed by atoms with E-state index in [1.807, 2.05) is 37.3 Å². The van der Waals surface area contributed by atoms with Gasteiger partial charge in [0.1, 0.15) is 43.7 Å². The molecule has 4 aromatic rings. The molecule has 0 radical (unpaired) electrons. The van der Waals surface area contributed by atoms with Crippen LogP contribution in [0.5, 0.6) is 23.0 Å². The molecular weight excluding hydrogens is 483 g/mol. The molecule has 0 amide bonds. The van der Waals surface area contributed by atoms with E-state index in [-0.39, 0.29) is 12.4 Å². The maximum Gasteiger partial charge on any atom is 0.161 e. The SMILES string of the molecule is Cc1cc(COc2cc(OCc3cccc(-c4ccc5c(c4)OCCO5)c3C)c(C)cc2C=O)ccc1F. The van der Waals surface area contributed by atoms with Crippen molar-refractivity contribution in [2.45, 2.75) is 34.0 Å². The number of aldehydes is 1. The van der Waals surface area contributed by atoms with Gasteiger partial charge in [-0.15, -0.1) is 0 Å². The monoisotopic (exact) mass is 512 g/mol. The van der Waals surface area contributed by atoms with Crippen LogP contribution in [-0.2, 0) is 13.2 Å². The molecule has 1 aliphatic heterocycles. The minimum atomic E-state index is -0.262. The van der Waals surface area contributed by atoms with Crippen LogP contribution in [0.4, 0.5) is 4.39 Å². The lowest BCUT2D eigenvalue weighted by molar-refractivity contribution is 0.111. The van der Waals surface area contributed by atoms with Gasteiger partial charge in [0.15, 0.2) is 17.8 Å². The van der Waals surface area contributed by atoms with Crippen molar-refractivity contribution in [2.75, 3.05) is 13.2 Å². The number of halogens is 1. The lowest BCUT2D eigenvalue weighted by atomic mass is 9.96. The van der Waals surface area contributed by atoms with E-state index >= 15 is 0 Å². The van der Waals surface area contributed by atoms with Gasteiger partial charge in [-0.1, -0.05) is 30.3 Å². The Balaban J connectivity index is 1.34. The van der Waals surface area contributed by atoms with Crippen LogP contribution in [-0.4, -0.2) is 19.5 Å². The average molecular weight is 513 g/mol. The number of carbonyl (C=O) groups is 1. The number of benzene rings is 4. The molecule has 1 aliphatic rings. The molecule has 4 aromatic carbocycles. The van der Waals surface area contributed by atoms with Gasteiger partial charge in [0.05, 0.1) is 5.56 Å². The number of hydrogen-bond acceptors (Lipinski definition) is 5. The number of aryl methyl sites for hydroxylation is 2. The van der Waals surface area contributed by atoms with E-state index in [1.54, 1.807) is 31.2 Å². The molecule has 1 heterocycles. The number of carbonyl (C=O) groups excluding carboxylic acids is 1. The van der Waals surface area contributed by atoms with E-state index in [1.165, 1.54) is 6.07 Å². The minimum absolute atomic E-state index is 0.209. The fourth-order valence-corrected chi connectivity index (χ4v) is 4.54. The quantitative estimate of drug-likeness (QED) is 0.235. The zero-order chi connectivity index (χ0) is 26.6. The Morgan fingerprint density at radius 2 is 1.61 bits per heavy atom. The highest BCUT2D eigenvalue weighted by Gasteiger charge is 2.15. The molecule has 194 valence electrons. The van der Waals surface area contributed by atoms with E-state index in [9.17, 15) is 9.18 Å². The van der Waals surface area contributed by atoms with Crippen molar-refractivity contribution in [3.05, 3.63) is 106 Å². The summed E-state index contributed by atoms with van der Waals surface area (Å²) < 4.78 is 37.2. The molecule has 5 nitrogen and oxygen atoms in total. The first kappa shape index (κ1) is 25.3. The van der Waals surface area contributed by atoms with Crippen molar-refractivity contribution in [3.8, 4) is 34.1 Å². The lowest BCUT2D eigenvalue weighted by Gasteiger charge is -2.20. The summed E-state index contributed by atoms with van der Waals surface area (Å²) in [6, 6.07) is 20.5. The third kappa shape index (κ3) is 5.35. The lowest BCUT2D eigenvalue weighted by Crippen LogP contribution is -2.15. The molecule has 0 unspecified atom stereocenters. The van der Waals surface area contributed by atoms with E-state index in [0.29, 0.717) is 42.4 Å². The number of ether oxygens (including phenoxy) is 4. The fraction of sp³-hybridized carbons (Fsp3) is 0.219. The maximum atomic E-state index is 13.6. The van der Waals surface area contributed by atoms with Crippen LogP contribution in [0.15, 0.2) is 66.7 Å². The van der Waals surface area contributed by atoms with Crippen LogP contribution < -0.4 is 18.9 Å². The molecule has 0 atom stereocenters. The van der Waals surface area contributed by atoms with Crippen LogP contribution in [0, 0.1) is 26.6 Å². The summed E-state index contributed by atoms with van der Waals surface area (Å²) in [5.41, 5.74) is 6.92. The largest absolute Gasteiger partial charge is 0.488 e. The van der Waals surface area contributed by atoms with Crippen molar-refractivity contribution in [3.63, 3.8) is 0 Å². The molecule has 0 N–H and O–H groups in total. The summed E-state index contributed by atoms with van der Waals surface area (Å²) in [4.78, 5) is 11.7. The Labute approximate surface area is 221 Å². The van der Waals surface area contributed by atoms with Gasteiger partial charge in [-0.25, -0.2) is 4.39 Å². The molecule has 6 heteroatoms. The standard InChI is InChI=1S/C32H29FO5/c1-20-13-23(7-9-28(20)33)18-37-31-16-30(21(2)14-26(31)17-34)38-19-25-5-4-6-27(22(25)3)24-8-10-29-32(15-24)36-12-11-35-29/h4-10,13-17H,11-12,18-19H2,1-3H3. The number of hydrogen-bond donors (Lipinski definition) is 0. The first-order chi connectivity index (χ1) is 18.4. The second kappa shape index (κ2) is 11.0. The summed E-state index contributed by atoms with van der Waals surface area (Å²) in [6.07, 6.45) is 0.767. The van der Waals surface area contributed by atoms with E-state index < -0.39 is 0 Å². The first-order valence-corrected chi connectivity index (χ1v) is 12.5. The van der Waals surface area contributed by atoms with E-state index in [0.717, 1.165) is 51.2 Å². The molecule has 0 spiro atoms. The van der Waals surface area contributed by atoms with Gasteiger partial charge in [0.25, 0.3) is 0 Å². The molecule has 0 fully saturated rings. The Hall–Kier alpha value is -4.32. The van der Waals surface area contributed by atoms with Gasteiger partial charge in [-0.2, -0.15) is 0 Å². The third-order valence-electron chi connectivity index (χ3n) is 6.73. The number of rotatable bonds is 8. The van der Waals surface area contributed by atoms with Crippen LogP contribution >= 0.6 is 0 Å². The third-order valence-corrected chi connectivity index (χ3v) is 6.73. The molecular formula is C32H29FO5. The Morgan fingerprint density at radius 1 is 0.816 bits per heavy atom. The zero-order valence-electron chi connectivity index (χ0n) is 21.7. The van der Waals surface area contributed by atoms with Gasteiger partial charge in [0, 0.05) is 6.07 Å². The summed E-state index contributed by atoms with van der Waals surface area (Å²) in [7, 11) is 0. The summed E-state index contributed by atoms with van der Waals surface area (Å²) in [6.45, 7) is 7.34. The normalized spacial score (nSPS) is 12.2. The minimum Gasteiger partial charge on any atom is -0.488 e. The Morgan fingerprint density at radius 3 is 2.39 bits per heavy atom. The van der Waals surface area contributed by atoms with Crippen molar-refractivity contribution >= 4 is 6.29 Å². The highest BCUT2D eigenvalue weighted by molar-refractivity contribution is 5.80.